The van der Waals surface area contributed by atoms with Crippen molar-refractivity contribution in [3.8, 4) is 17.2 Å². The highest BCUT2D eigenvalue weighted by Gasteiger charge is 2.17. The molecule has 0 bridgehead atoms. The summed E-state index contributed by atoms with van der Waals surface area (Å²) in [6.07, 6.45) is 0. The quantitative estimate of drug-likeness (QED) is 0.636. The molecule has 28 heavy (non-hydrogen) atoms. The SMILES string of the molecule is COc1ccc(OC)c(NC(=O)COC(=O)c2ccc3ccccc3c2O)c1. The number of esters is 1. The number of aromatic hydroxyl groups is 1. The highest BCUT2D eigenvalue weighted by atomic mass is 16.5. The van der Waals surface area contributed by atoms with Crippen LogP contribution in [0.15, 0.2) is 54.6 Å². The number of carbonyl (C=O) groups is 2. The van der Waals surface area contributed by atoms with Gasteiger partial charge in [-0.3, -0.25) is 4.79 Å². The Balaban J connectivity index is 1.68. The Labute approximate surface area is 161 Å². The summed E-state index contributed by atoms with van der Waals surface area (Å²) in [6, 6.07) is 15.2. The first kappa shape index (κ1) is 19.0. The van der Waals surface area contributed by atoms with Gasteiger partial charge in [0, 0.05) is 11.5 Å². The number of phenolic OH excluding ortho intramolecular Hbond substituents is 1. The van der Waals surface area contributed by atoms with Crippen LogP contribution in [0.2, 0.25) is 0 Å². The first-order valence-electron chi connectivity index (χ1n) is 8.43. The van der Waals surface area contributed by atoms with Gasteiger partial charge in [0.15, 0.2) is 6.61 Å². The molecule has 144 valence electrons. The average molecular weight is 381 g/mol. The molecule has 0 aliphatic carbocycles. The zero-order valence-electron chi connectivity index (χ0n) is 15.4. The summed E-state index contributed by atoms with van der Waals surface area (Å²) in [4.78, 5) is 24.4. The second-order valence-corrected chi connectivity index (χ2v) is 5.87. The first-order chi connectivity index (χ1) is 13.5. The molecule has 3 aromatic carbocycles. The molecule has 0 radical (unpaired) electrons. The van der Waals surface area contributed by atoms with Crippen LogP contribution in [0.4, 0.5) is 5.69 Å². The minimum absolute atomic E-state index is 0.00883. The van der Waals surface area contributed by atoms with Crippen LogP contribution in [0.3, 0.4) is 0 Å². The summed E-state index contributed by atoms with van der Waals surface area (Å²) >= 11 is 0. The van der Waals surface area contributed by atoms with E-state index in [0.29, 0.717) is 22.6 Å². The fourth-order valence-electron chi connectivity index (χ4n) is 2.73. The number of methoxy groups -OCH3 is 2. The van der Waals surface area contributed by atoms with Crippen LogP contribution >= 0.6 is 0 Å². The van der Waals surface area contributed by atoms with Crippen LogP contribution in [0, 0.1) is 0 Å². The third-order valence-corrected chi connectivity index (χ3v) is 4.14. The zero-order chi connectivity index (χ0) is 20.1. The minimum atomic E-state index is -0.795. The molecule has 7 nitrogen and oxygen atoms in total. The van der Waals surface area contributed by atoms with E-state index in [4.69, 9.17) is 14.2 Å². The van der Waals surface area contributed by atoms with E-state index in [1.54, 1.807) is 36.4 Å². The minimum Gasteiger partial charge on any atom is -0.506 e. The molecule has 0 atom stereocenters. The topological polar surface area (TPSA) is 94.1 Å². The number of amides is 1. The molecule has 0 fully saturated rings. The number of rotatable bonds is 6. The largest absolute Gasteiger partial charge is 0.506 e. The Bertz CT molecular complexity index is 1030. The van der Waals surface area contributed by atoms with E-state index >= 15 is 0 Å². The van der Waals surface area contributed by atoms with Crippen LogP contribution in [-0.4, -0.2) is 37.8 Å². The fraction of sp³-hybridized carbons (Fsp3) is 0.143. The van der Waals surface area contributed by atoms with Crippen LogP contribution in [-0.2, 0) is 9.53 Å². The molecule has 0 aliphatic rings. The maximum absolute atomic E-state index is 12.3. The Hall–Kier alpha value is -3.74. The number of phenols is 1. The third-order valence-electron chi connectivity index (χ3n) is 4.14. The number of hydrogen-bond donors (Lipinski definition) is 2. The van der Waals surface area contributed by atoms with Gasteiger partial charge in [0.1, 0.15) is 22.8 Å². The van der Waals surface area contributed by atoms with Gasteiger partial charge in [-0.2, -0.15) is 0 Å². The summed E-state index contributed by atoms with van der Waals surface area (Å²) in [5.41, 5.74) is 0.377. The molecule has 0 aromatic heterocycles. The van der Waals surface area contributed by atoms with Gasteiger partial charge < -0.3 is 24.6 Å². The predicted molar refractivity (Wildman–Crippen MR) is 104 cm³/mol. The lowest BCUT2D eigenvalue weighted by Gasteiger charge is -2.12. The molecule has 0 heterocycles. The van der Waals surface area contributed by atoms with Crippen LogP contribution in [0.25, 0.3) is 10.8 Å². The van der Waals surface area contributed by atoms with Gasteiger partial charge in [0.2, 0.25) is 0 Å². The van der Waals surface area contributed by atoms with E-state index in [1.807, 2.05) is 12.1 Å². The molecular weight excluding hydrogens is 362 g/mol. The Morgan fingerprint density at radius 2 is 1.79 bits per heavy atom. The first-order valence-corrected chi connectivity index (χ1v) is 8.43. The van der Waals surface area contributed by atoms with Crippen molar-refractivity contribution in [3.05, 3.63) is 60.2 Å². The Kier molecular flexibility index (Phi) is 5.64. The lowest BCUT2D eigenvalue weighted by molar-refractivity contribution is -0.119. The molecule has 0 aliphatic heterocycles. The molecule has 2 N–H and O–H groups in total. The van der Waals surface area contributed by atoms with Crippen molar-refractivity contribution in [1.29, 1.82) is 0 Å². The van der Waals surface area contributed by atoms with Crippen LogP contribution in [0.5, 0.6) is 17.2 Å². The van der Waals surface area contributed by atoms with E-state index in [1.165, 1.54) is 20.3 Å². The summed E-state index contributed by atoms with van der Waals surface area (Å²) in [6.45, 7) is -0.522. The number of benzene rings is 3. The lowest BCUT2D eigenvalue weighted by atomic mass is 10.1. The lowest BCUT2D eigenvalue weighted by Crippen LogP contribution is -2.21. The van der Waals surface area contributed by atoms with Gasteiger partial charge >= 0.3 is 5.97 Å². The number of anilines is 1. The van der Waals surface area contributed by atoms with E-state index in [-0.39, 0.29) is 11.3 Å². The summed E-state index contributed by atoms with van der Waals surface area (Å²) < 4.78 is 15.3. The van der Waals surface area contributed by atoms with Crippen LogP contribution in [0.1, 0.15) is 10.4 Å². The molecule has 3 rings (SSSR count). The molecule has 0 saturated heterocycles. The predicted octanol–water partition coefficient (Wildman–Crippen LogP) is 3.36. The third kappa shape index (κ3) is 3.98. The molecule has 3 aromatic rings. The number of hydrogen-bond acceptors (Lipinski definition) is 6. The van der Waals surface area contributed by atoms with Gasteiger partial charge in [-0.25, -0.2) is 4.79 Å². The van der Waals surface area contributed by atoms with E-state index in [0.717, 1.165) is 5.39 Å². The van der Waals surface area contributed by atoms with Crippen LogP contribution < -0.4 is 14.8 Å². The Morgan fingerprint density at radius 3 is 2.54 bits per heavy atom. The van der Waals surface area contributed by atoms with E-state index < -0.39 is 18.5 Å². The zero-order valence-corrected chi connectivity index (χ0v) is 15.4. The van der Waals surface area contributed by atoms with Crippen molar-refractivity contribution in [2.24, 2.45) is 0 Å². The fourth-order valence-corrected chi connectivity index (χ4v) is 2.73. The maximum Gasteiger partial charge on any atom is 0.342 e. The van der Waals surface area contributed by atoms with E-state index in [9.17, 15) is 14.7 Å². The number of fused-ring (bicyclic) bond motifs is 1. The molecular formula is C21H19NO6. The van der Waals surface area contributed by atoms with Gasteiger partial charge in [0.25, 0.3) is 5.91 Å². The van der Waals surface area contributed by atoms with Gasteiger partial charge in [-0.1, -0.05) is 30.3 Å². The summed E-state index contributed by atoms with van der Waals surface area (Å²) in [7, 11) is 2.98. The average Bonchev–Trinajstić information content (AvgIpc) is 2.72. The summed E-state index contributed by atoms with van der Waals surface area (Å²) in [5, 5.41) is 14.2. The second kappa shape index (κ2) is 8.30. The molecule has 0 spiro atoms. The molecule has 7 heteroatoms. The van der Waals surface area contributed by atoms with Gasteiger partial charge in [-0.05, 0) is 23.6 Å². The number of ether oxygens (including phenoxy) is 3. The normalized spacial score (nSPS) is 10.4. The number of carbonyl (C=O) groups excluding carboxylic acids is 2. The van der Waals surface area contributed by atoms with Crippen molar-refractivity contribution < 1.29 is 28.9 Å². The standard InChI is InChI=1S/C21H19NO6/c1-26-14-8-10-18(27-2)17(11-14)22-19(23)12-28-21(25)16-9-7-13-5-3-4-6-15(13)20(16)24/h3-11,24H,12H2,1-2H3,(H,22,23). The van der Waals surface area contributed by atoms with Crippen molar-refractivity contribution >= 4 is 28.3 Å². The second-order valence-electron chi connectivity index (χ2n) is 5.87. The smallest absolute Gasteiger partial charge is 0.342 e. The van der Waals surface area contributed by atoms with Crippen molar-refractivity contribution in [2.75, 3.05) is 26.1 Å². The maximum atomic E-state index is 12.3. The molecule has 1 amide bonds. The highest BCUT2D eigenvalue weighted by Crippen LogP contribution is 2.30. The van der Waals surface area contributed by atoms with E-state index in [2.05, 4.69) is 5.32 Å². The Morgan fingerprint density at radius 1 is 1.00 bits per heavy atom. The number of nitrogens with one attached hydrogen (secondary N) is 1. The van der Waals surface area contributed by atoms with Crippen molar-refractivity contribution in [3.63, 3.8) is 0 Å². The van der Waals surface area contributed by atoms with Crippen molar-refractivity contribution in [2.45, 2.75) is 0 Å². The van der Waals surface area contributed by atoms with Gasteiger partial charge in [-0.15, -0.1) is 0 Å². The molecule has 0 unspecified atom stereocenters. The van der Waals surface area contributed by atoms with Crippen molar-refractivity contribution in [1.82, 2.24) is 0 Å². The molecule has 0 saturated carbocycles. The monoisotopic (exact) mass is 381 g/mol. The highest BCUT2D eigenvalue weighted by molar-refractivity contribution is 6.02. The summed E-state index contributed by atoms with van der Waals surface area (Å²) in [5.74, 6) is -0.559. The van der Waals surface area contributed by atoms with Gasteiger partial charge in [0.05, 0.1) is 19.9 Å².